The largest absolute Gasteiger partial charge is 0.354 e. The molecule has 134 valence electrons. The van der Waals surface area contributed by atoms with Crippen molar-refractivity contribution in [3.63, 3.8) is 0 Å². The molecule has 0 bridgehead atoms. The predicted octanol–water partition coefficient (Wildman–Crippen LogP) is 3.59. The van der Waals surface area contributed by atoms with E-state index in [-0.39, 0.29) is 23.9 Å². The number of rotatable bonds is 5. The van der Waals surface area contributed by atoms with Crippen LogP contribution in [0.25, 0.3) is 10.8 Å². The summed E-state index contributed by atoms with van der Waals surface area (Å²) in [5, 5.41) is 8.89. The van der Waals surface area contributed by atoms with Gasteiger partial charge < -0.3 is 5.32 Å². The van der Waals surface area contributed by atoms with E-state index in [2.05, 4.69) is 26.3 Å². The summed E-state index contributed by atoms with van der Waals surface area (Å²) in [7, 11) is 0. The van der Waals surface area contributed by atoms with Crippen molar-refractivity contribution in [2.45, 2.75) is 52.0 Å². The first kappa shape index (κ1) is 18.1. The SMILES string of the molecule is CC(C)c1nn(CC(=O)NCC2CCCC2)c(=O)c2ccc(Br)cc12. The van der Waals surface area contributed by atoms with Crippen molar-refractivity contribution < 1.29 is 4.79 Å². The summed E-state index contributed by atoms with van der Waals surface area (Å²) in [5.74, 6) is 0.590. The van der Waals surface area contributed by atoms with E-state index in [9.17, 15) is 9.59 Å². The van der Waals surface area contributed by atoms with Gasteiger partial charge in [0.25, 0.3) is 5.56 Å². The van der Waals surface area contributed by atoms with E-state index >= 15 is 0 Å². The number of hydrogen-bond acceptors (Lipinski definition) is 3. The second-order valence-electron chi connectivity index (χ2n) is 7.15. The minimum Gasteiger partial charge on any atom is -0.354 e. The summed E-state index contributed by atoms with van der Waals surface area (Å²) < 4.78 is 2.21. The Morgan fingerprint density at radius 1 is 1.32 bits per heavy atom. The van der Waals surface area contributed by atoms with Gasteiger partial charge in [0.2, 0.25) is 5.91 Å². The fourth-order valence-electron chi connectivity index (χ4n) is 3.48. The van der Waals surface area contributed by atoms with E-state index in [0.29, 0.717) is 17.8 Å². The smallest absolute Gasteiger partial charge is 0.275 e. The molecule has 1 fully saturated rings. The van der Waals surface area contributed by atoms with Crippen molar-refractivity contribution in [3.05, 3.63) is 38.7 Å². The van der Waals surface area contributed by atoms with Crippen molar-refractivity contribution in [2.75, 3.05) is 6.54 Å². The van der Waals surface area contributed by atoms with Crippen molar-refractivity contribution >= 4 is 32.6 Å². The molecule has 0 saturated heterocycles. The number of amides is 1. The highest BCUT2D eigenvalue weighted by atomic mass is 79.9. The highest BCUT2D eigenvalue weighted by Crippen LogP contribution is 2.25. The minimum absolute atomic E-state index is 0.0305. The van der Waals surface area contributed by atoms with Gasteiger partial charge in [-0.25, -0.2) is 4.68 Å². The van der Waals surface area contributed by atoms with Crippen LogP contribution in [0.4, 0.5) is 0 Å². The molecule has 1 amide bonds. The van der Waals surface area contributed by atoms with Gasteiger partial charge in [-0.1, -0.05) is 42.6 Å². The molecule has 0 aliphatic heterocycles. The van der Waals surface area contributed by atoms with Crippen LogP contribution < -0.4 is 10.9 Å². The van der Waals surface area contributed by atoms with Gasteiger partial charge in [-0.3, -0.25) is 9.59 Å². The first-order valence-electron chi connectivity index (χ1n) is 8.92. The predicted molar refractivity (Wildman–Crippen MR) is 103 cm³/mol. The third-order valence-corrected chi connectivity index (χ3v) is 5.35. The van der Waals surface area contributed by atoms with E-state index in [0.717, 1.165) is 15.6 Å². The van der Waals surface area contributed by atoms with Crippen molar-refractivity contribution in [1.82, 2.24) is 15.1 Å². The standard InChI is InChI=1S/C19H24BrN3O2/c1-12(2)18-16-9-14(20)7-8-15(16)19(25)23(22-18)11-17(24)21-10-13-5-3-4-6-13/h7-9,12-13H,3-6,10-11H2,1-2H3,(H,21,24). The van der Waals surface area contributed by atoms with Crippen LogP contribution in [0.15, 0.2) is 27.5 Å². The molecule has 1 saturated carbocycles. The molecule has 2 aromatic rings. The minimum atomic E-state index is -0.220. The highest BCUT2D eigenvalue weighted by Gasteiger charge is 2.18. The van der Waals surface area contributed by atoms with E-state index in [1.807, 2.05) is 26.0 Å². The van der Waals surface area contributed by atoms with Gasteiger partial charge in [0, 0.05) is 16.4 Å². The fraction of sp³-hybridized carbons (Fsp3) is 0.526. The maximum atomic E-state index is 12.7. The second kappa shape index (κ2) is 7.68. The van der Waals surface area contributed by atoms with Crippen LogP contribution in [0.2, 0.25) is 0 Å². The lowest BCUT2D eigenvalue weighted by molar-refractivity contribution is -0.122. The van der Waals surface area contributed by atoms with E-state index in [4.69, 9.17) is 0 Å². The number of carbonyl (C=O) groups is 1. The fourth-order valence-corrected chi connectivity index (χ4v) is 3.84. The Hall–Kier alpha value is -1.69. The molecule has 1 aliphatic carbocycles. The first-order chi connectivity index (χ1) is 12.0. The van der Waals surface area contributed by atoms with Crippen LogP contribution in [-0.4, -0.2) is 22.2 Å². The molecule has 1 aromatic carbocycles. The lowest BCUT2D eigenvalue weighted by Gasteiger charge is -2.14. The summed E-state index contributed by atoms with van der Waals surface area (Å²) in [4.78, 5) is 25.0. The summed E-state index contributed by atoms with van der Waals surface area (Å²) in [6.07, 6.45) is 4.86. The molecule has 5 nitrogen and oxygen atoms in total. The molecular formula is C19H24BrN3O2. The van der Waals surface area contributed by atoms with Crippen LogP contribution in [0.3, 0.4) is 0 Å². The maximum Gasteiger partial charge on any atom is 0.275 e. The molecule has 0 radical (unpaired) electrons. The third-order valence-electron chi connectivity index (χ3n) is 4.85. The molecule has 1 heterocycles. The van der Waals surface area contributed by atoms with E-state index in [1.54, 1.807) is 6.07 Å². The number of halogens is 1. The Balaban J connectivity index is 1.85. The van der Waals surface area contributed by atoms with Crippen molar-refractivity contribution in [2.24, 2.45) is 5.92 Å². The number of aromatic nitrogens is 2. The second-order valence-corrected chi connectivity index (χ2v) is 8.06. The lowest BCUT2D eigenvalue weighted by Crippen LogP contribution is -2.36. The average Bonchev–Trinajstić information content (AvgIpc) is 3.08. The topological polar surface area (TPSA) is 64.0 Å². The van der Waals surface area contributed by atoms with Crippen LogP contribution in [0.1, 0.15) is 51.1 Å². The Bertz CT molecular complexity index is 838. The van der Waals surface area contributed by atoms with Crippen molar-refractivity contribution in [1.29, 1.82) is 0 Å². The zero-order valence-corrected chi connectivity index (χ0v) is 16.3. The maximum absolute atomic E-state index is 12.7. The van der Waals surface area contributed by atoms with Gasteiger partial charge in [-0.05, 0) is 42.9 Å². The van der Waals surface area contributed by atoms with Crippen LogP contribution in [0.5, 0.6) is 0 Å². The quantitative estimate of drug-likeness (QED) is 0.826. The molecule has 0 spiro atoms. The Morgan fingerprint density at radius 3 is 2.72 bits per heavy atom. The molecule has 1 aromatic heterocycles. The molecule has 1 aliphatic rings. The summed E-state index contributed by atoms with van der Waals surface area (Å²) in [6.45, 7) is 4.75. The average molecular weight is 406 g/mol. The molecule has 25 heavy (non-hydrogen) atoms. The van der Waals surface area contributed by atoms with Gasteiger partial charge in [-0.15, -0.1) is 0 Å². The summed E-state index contributed by atoms with van der Waals surface area (Å²) in [6, 6.07) is 5.56. The zero-order chi connectivity index (χ0) is 18.0. The Kier molecular flexibility index (Phi) is 5.57. The Labute approximate surface area is 155 Å². The number of benzene rings is 1. The summed E-state index contributed by atoms with van der Waals surface area (Å²) >= 11 is 3.45. The molecule has 0 unspecified atom stereocenters. The molecule has 1 N–H and O–H groups in total. The van der Waals surface area contributed by atoms with Crippen LogP contribution >= 0.6 is 15.9 Å². The number of nitrogens with zero attached hydrogens (tertiary/aromatic N) is 2. The van der Waals surface area contributed by atoms with Gasteiger partial charge in [0.1, 0.15) is 6.54 Å². The van der Waals surface area contributed by atoms with E-state index < -0.39 is 0 Å². The van der Waals surface area contributed by atoms with Gasteiger partial charge in [0.05, 0.1) is 11.1 Å². The van der Waals surface area contributed by atoms with Gasteiger partial charge in [-0.2, -0.15) is 5.10 Å². The van der Waals surface area contributed by atoms with Crippen LogP contribution in [-0.2, 0) is 11.3 Å². The third kappa shape index (κ3) is 4.11. The van der Waals surface area contributed by atoms with Gasteiger partial charge in [0.15, 0.2) is 0 Å². The normalized spacial score (nSPS) is 15.2. The van der Waals surface area contributed by atoms with E-state index in [1.165, 1.54) is 30.4 Å². The number of nitrogens with one attached hydrogen (secondary N) is 1. The number of hydrogen-bond donors (Lipinski definition) is 1. The molecule has 6 heteroatoms. The van der Waals surface area contributed by atoms with Crippen molar-refractivity contribution in [3.8, 4) is 0 Å². The molecule has 0 atom stereocenters. The number of fused-ring (bicyclic) bond motifs is 1. The van der Waals surface area contributed by atoms with Gasteiger partial charge >= 0.3 is 0 Å². The van der Waals surface area contributed by atoms with Crippen LogP contribution in [0, 0.1) is 5.92 Å². The highest BCUT2D eigenvalue weighted by molar-refractivity contribution is 9.10. The lowest BCUT2D eigenvalue weighted by atomic mass is 10.0. The first-order valence-corrected chi connectivity index (χ1v) is 9.72. The monoisotopic (exact) mass is 405 g/mol. The summed E-state index contributed by atoms with van der Waals surface area (Å²) in [5.41, 5.74) is 0.613. The zero-order valence-electron chi connectivity index (χ0n) is 14.7. The number of carbonyl (C=O) groups excluding carboxylic acids is 1. The molecular weight excluding hydrogens is 382 g/mol. The Morgan fingerprint density at radius 2 is 2.04 bits per heavy atom. The molecule has 3 rings (SSSR count).